The lowest BCUT2D eigenvalue weighted by Gasteiger charge is -2.42. The summed E-state index contributed by atoms with van der Waals surface area (Å²) in [5.74, 6) is -0.617. The lowest BCUT2D eigenvalue weighted by molar-refractivity contribution is -0.138. The molecule has 1 aromatic heterocycles. The quantitative estimate of drug-likeness (QED) is 0.491. The van der Waals surface area contributed by atoms with Crippen LogP contribution in [0.5, 0.6) is 0 Å². The maximum atomic E-state index is 14.3. The van der Waals surface area contributed by atoms with E-state index in [0.717, 1.165) is 16.8 Å². The van der Waals surface area contributed by atoms with E-state index < -0.39 is 10.3 Å². The second-order valence-electron chi connectivity index (χ2n) is 8.26. The molecule has 2 amide bonds. The van der Waals surface area contributed by atoms with Gasteiger partial charge >= 0.3 is 0 Å². The van der Waals surface area contributed by atoms with Crippen LogP contribution in [-0.2, 0) is 15.1 Å². The average Bonchev–Trinajstić information content (AvgIpc) is 3.28. The smallest absolute Gasteiger partial charge is 0.254 e. The zero-order valence-corrected chi connectivity index (χ0v) is 20.0. The summed E-state index contributed by atoms with van der Waals surface area (Å²) in [6.45, 7) is 4.58. The van der Waals surface area contributed by atoms with Crippen LogP contribution in [0.15, 0.2) is 55.4 Å². The van der Waals surface area contributed by atoms with Gasteiger partial charge in [-0.3, -0.25) is 24.4 Å². The average molecular weight is 485 g/mol. The first-order valence-electron chi connectivity index (χ1n) is 10.2. The van der Waals surface area contributed by atoms with Crippen molar-refractivity contribution in [1.29, 1.82) is 0 Å². The third kappa shape index (κ3) is 2.46. The van der Waals surface area contributed by atoms with Crippen LogP contribution in [0.25, 0.3) is 0 Å². The number of benzene rings is 1. The number of nitrogens with zero attached hydrogens (tertiary/aromatic N) is 4. The fourth-order valence-electron chi connectivity index (χ4n) is 5.55. The predicted molar refractivity (Wildman–Crippen MR) is 131 cm³/mol. The summed E-state index contributed by atoms with van der Waals surface area (Å²) in [5, 5.41) is 0.517. The number of amides is 2. The number of fused-ring (bicyclic) bond motifs is 3. The Kier molecular flexibility index (Phi) is 4.98. The standard InChI is InChI=1S/C23H21ClN4O2S2/c1-4-11-28-20(30)23(32-21(28)31)17(14-7-9-25-10-8-14)13-26(2)22(23)16-12-15(24)5-6-18(16)27(3)19(22)29/h4-10,12,17H,1,11,13H2,2-3H3/t17-,22+,23-/m1/s1. The number of likely N-dealkylation sites (N-methyl/N-ethyl adjacent to an activating group) is 2. The van der Waals surface area contributed by atoms with Crippen LogP contribution in [0, 0.1) is 0 Å². The molecule has 4 heterocycles. The number of pyridine rings is 1. The number of hydrogen-bond donors (Lipinski definition) is 0. The van der Waals surface area contributed by atoms with E-state index in [0.29, 0.717) is 22.4 Å². The molecule has 9 heteroatoms. The highest BCUT2D eigenvalue weighted by Gasteiger charge is 2.78. The Morgan fingerprint density at radius 2 is 1.97 bits per heavy atom. The molecule has 2 saturated heterocycles. The van der Waals surface area contributed by atoms with Gasteiger partial charge in [-0.1, -0.05) is 41.7 Å². The van der Waals surface area contributed by atoms with Crippen LogP contribution in [0.1, 0.15) is 17.0 Å². The van der Waals surface area contributed by atoms with E-state index in [1.54, 1.807) is 41.4 Å². The normalized spacial score (nSPS) is 29.6. The van der Waals surface area contributed by atoms with Crippen LogP contribution >= 0.6 is 35.6 Å². The molecule has 32 heavy (non-hydrogen) atoms. The maximum Gasteiger partial charge on any atom is 0.254 e. The highest BCUT2D eigenvalue weighted by molar-refractivity contribution is 8.25. The zero-order chi connectivity index (χ0) is 22.8. The van der Waals surface area contributed by atoms with Gasteiger partial charge in [0.1, 0.15) is 9.07 Å². The monoisotopic (exact) mass is 484 g/mol. The number of thioether (sulfide) groups is 1. The van der Waals surface area contributed by atoms with E-state index in [2.05, 4.69) is 11.6 Å². The maximum absolute atomic E-state index is 14.3. The Bertz CT molecular complexity index is 1180. The van der Waals surface area contributed by atoms with Crippen LogP contribution in [0.3, 0.4) is 0 Å². The van der Waals surface area contributed by atoms with Gasteiger partial charge in [-0.25, -0.2) is 0 Å². The summed E-state index contributed by atoms with van der Waals surface area (Å²) in [5.41, 5.74) is 1.18. The third-order valence-corrected chi connectivity index (χ3v) is 9.01. The number of carbonyl (C=O) groups excluding carboxylic acids is 2. The molecule has 2 aromatic rings. The van der Waals surface area contributed by atoms with Gasteiger partial charge in [0.2, 0.25) is 5.91 Å². The van der Waals surface area contributed by atoms with E-state index >= 15 is 0 Å². The highest BCUT2D eigenvalue weighted by atomic mass is 35.5. The Labute approximate surface area is 201 Å². The van der Waals surface area contributed by atoms with E-state index in [4.69, 9.17) is 23.8 Å². The van der Waals surface area contributed by atoms with Crippen molar-refractivity contribution in [3.8, 4) is 0 Å². The summed E-state index contributed by atoms with van der Waals surface area (Å²) in [7, 11) is 3.65. The van der Waals surface area contributed by atoms with Gasteiger partial charge in [0, 0.05) is 54.7 Å². The van der Waals surface area contributed by atoms with E-state index in [9.17, 15) is 9.59 Å². The zero-order valence-electron chi connectivity index (χ0n) is 17.6. The van der Waals surface area contributed by atoms with Crippen molar-refractivity contribution in [3.63, 3.8) is 0 Å². The molecule has 0 N–H and O–H groups in total. The van der Waals surface area contributed by atoms with Crippen molar-refractivity contribution in [1.82, 2.24) is 14.8 Å². The molecule has 3 aliphatic rings. The molecule has 0 radical (unpaired) electrons. The van der Waals surface area contributed by atoms with Crippen molar-refractivity contribution in [2.75, 3.05) is 32.1 Å². The Balaban J connectivity index is 1.85. The number of thiocarbonyl (C=S) groups is 1. The van der Waals surface area contributed by atoms with Crippen LogP contribution in [0.4, 0.5) is 5.69 Å². The molecule has 2 spiro atoms. The molecule has 0 bridgehead atoms. The first-order chi connectivity index (χ1) is 15.3. The van der Waals surface area contributed by atoms with Gasteiger partial charge in [-0.2, -0.15) is 0 Å². The summed E-state index contributed by atoms with van der Waals surface area (Å²) in [4.78, 5) is 37.8. The van der Waals surface area contributed by atoms with Crippen molar-refractivity contribution in [2.24, 2.45) is 0 Å². The van der Waals surface area contributed by atoms with Gasteiger partial charge < -0.3 is 4.90 Å². The van der Waals surface area contributed by atoms with Crippen molar-refractivity contribution in [2.45, 2.75) is 16.2 Å². The van der Waals surface area contributed by atoms with E-state index in [1.165, 1.54) is 11.8 Å². The first kappa shape index (κ1) is 21.6. The lowest BCUT2D eigenvalue weighted by Crippen LogP contribution is -2.62. The van der Waals surface area contributed by atoms with Gasteiger partial charge in [0.25, 0.3) is 5.91 Å². The minimum atomic E-state index is -1.25. The SMILES string of the molecule is C=CCN1C(=O)[C@]2(SC1=S)[C@@H](c1ccncc1)CN(C)[C@@]21C(=O)N(C)c2ccc(Cl)cc21. The molecule has 3 aliphatic heterocycles. The largest absolute Gasteiger partial charge is 0.313 e. The Morgan fingerprint density at radius 3 is 2.66 bits per heavy atom. The fraction of sp³-hybridized carbons (Fsp3) is 0.304. The summed E-state index contributed by atoms with van der Waals surface area (Å²) in [6.07, 6.45) is 5.08. The number of halogens is 1. The molecule has 6 nitrogen and oxygen atoms in total. The second kappa shape index (κ2) is 7.38. The molecular formula is C23H21ClN4O2S2. The molecule has 164 valence electrons. The second-order valence-corrected chi connectivity index (χ2v) is 10.6. The molecule has 2 fully saturated rings. The molecule has 3 atom stereocenters. The van der Waals surface area contributed by atoms with Crippen molar-refractivity contribution in [3.05, 3.63) is 71.5 Å². The van der Waals surface area contributed by atoms with Crippen LogP contribution in [0.2, 0.25) is 5.02 Å². The number of rotatable bonds is 3. The predicted octanol–water partition coefficient (Wildman–Crippen LogP) is 3.42. The van der Waals surface area contributed by atoms with E-state index in [-0.39, 0.29) is 17.7 Å². The Morgan fingerprint density at radius 1 is 1.25 bits per heavy atom. The Hall–Kier alpha value is -2.26. The number of hydrogen-bond acceptors (Lipinski definition) is 6. The topological polar surface area (TPSA) is 56.8 Å². The first-order valence-corrected chi connectivity index (χ1v) is 11.8. The van der Waals surface area contributed by atoms with Gasteiger partial charge in [0.05, 0.1) is 0 Å². The third-order valence-electron chi connectivity index (χ3n) is 6.83. The molecule has 5 rings (SSSR count). The summed E-state index contributed by atoms with van der Waals surface area (Å²) in [6, 6.07) is 9.25. The minimum absolute atomic E-state index is 0.155. The van der Waals surface area contributed by atoms with Gasteiger partial charge in [-0.05, 0) is 42.9 Å². The molecular weight excluding hydrogens is 464 g/mol. The molecule has 0 aliphatic carbocycles. The minimum Gasteiger partial charge on any atom is -0.313 e. The number of aromatic nitrogens is 1. The highest BCUT2D eigenvalue weighted by Crippen LogP contribution is 2.66. The lowest BCUT2D eigenvalue weighted by atomic mass is 9.72. The van der Waals surface area contributed by atoms with E-state index in [1.807, 2.05) is 36.2 Å². The number of carbonyl (C=O) groups is 2. The van der Waals surface area contributed by atoms with Crippen LogP contribution < -0.4 is 4.90 Å². The van der Waals surface area contributed by atoms with Gasteiger partial charge in [-0.15, -0.1) is 6.58 Å². The molecule has 0 unspecified atom stereocenters. The summed E-state index contributed by atoms with van der Waals surface area (Å²) >= 11 is 13.4. The summed E-state index contributed by atoms with van der Waals surface area (Å²) < 4.78 is -0.737. The fourth-order valence-corrected chi connectivity index (χ4v) is 7.87. The van der Waals surface area contributed by atoms with Gasteiger partial charge in [0.15, 0.2) is 5.54 Å². The number of anilines is 1. The van der Waals surface area contributed by atoms with Crippen molar-refractivity contribution >= 4 is 57.4 Å². The van der Waals surface area contributed by atoms with Crippen LogP contribution in [-0.4, -0.2) is 62.9 Å². The number of likely N-dealkylation sites (tertiary alicyclic amines) is 1. The molecule has 1 aromatic carbocycles. The molecule has 0 saturated carbocycles. The van der Waals surface area contributed by atoms with Crippen molar-refractivity contribution < 1.29 is 9.59 Å².